The molecule has 0 saturated carbocycles. The summed E-state index contributed by atoms with van der Waals surface area (Å²) in [5.41, 5.74) is 8.24. The van der Waals surface area contributed by atoms with Crippen LogP contribution in [0.5, 0.6) is 5.75 Å². The number of nitrogens with one attached hydrogen (secondary N) is 1. The van der Waals surface area contributed by atoms with Gasteiger partial charge in [0.1, 0.15) is 5.82 Å². The molecule has 6 heteroatoms. The molecule has 0 amide bonds. The predicted octanol–water partition coefficient (Wildman–Crippen LogP) is 2.87. The molecule has 3 heterocycles. The van der Waals surface area contributed by atoms with Crippen molar-refractivity contribution in [3.63, 3.8) is 0 Å². The van der Waals surface area contributed by atoms with E-state index >= 15 is 0 Å². The Labute approximate surface area is 153 Å². The van der Waals surface area contributed by atoms with Gasteiger partial charge in [-0.3, -0.25) is 4.98 Å². The van der Waals surface area contributed by atoms with E-state index in [1.54, 1.807) is 0 Å². The Kier molecular flexibility index (Phi) is 4.51. The van der Waals surface area contributed by atoms with Gasteiger partial charge in [0.05, 0.1) is 12.1 Å². The van der Waals surface area contributed by atoms with Gasteiger partial charge in [-0.25, -0.2) is 4.98 Å². The van der Waals surface area contributed by atoms with Gasteiger partial charge >= 0.3 is 0 Å². The summed E-state index contributed by atoms with van der Waals surface area (Å²) in [4.78, 5) is 11.8. The monoisotopic (exact) mass is 351 g/mol. The molecule has 1 aliphatic heterocycles. The molecule has 136 valence electrons. The number of nitrogens with zero attached hydrogens (tertiary/aromatic N) is 3. The summed E-state index contributed by atoms with van der Waals surface area (Å²) in [6.45, 7) is 8.40. The number of aryl methyl sites for hydroxylation is 1. The van der Waals surface area contributed by atoms with Crippen molar-refractivity contribution in [2.75, 3.05) is 43.4 Å². The third-order valence-electron chi connectivity index (χ3n) is 4.85. The number of para-hydroxylation sites is 1. The van der Waals surface area contributed by atoms with Crippen molar-refractivity contribution in [3.05, 3.63) is 30.0 Å². The molecule has 4 rings (SSSR count). The maximum absolute atomic E-state index is 6.40. The standard InChI is InChI=1S/C20H25N5O/c1-3-12-26-18-17-14-6-4-5-7-15(14)23-13(2)16(17)19(21)24-20(18)25-10-8-22-9-11-25/h4-7,22H,3,8-12H2,1-2H3,(H2,21,24). The largest absolute Gasteiger partial charge is 0.489 e. The molecular formula is C20H25N5O. The highest BCUT2D eigenvalue weighted by Gasteiger charge is 2.23. The Morgan fingerprint density at radius 3 is 2.69 bits per heavy atom. The number of rotatable bonds is 4. The molecular weight excluding hydrogens is 326 g/mol. The fraction of sp³-hybridized carbons (Fsp3) is 0.400. The second-order valence-corrected chi connectivity index (χ2v) is 6.70. The third kappa shape index (κ3) is 2.80. The highest BCUT2D eigenvalue weighted by Crippen LogP contribution is 2.42. The van der Waals surface area contributed by atoms with Gasteiger partial charge in [0, 0.05) is 48.0 Å². The zero-order chi connectivity index (χ0) is 18.1. The number of aromatic nitrogens is 2. The number of ether oxygens (including phenoxy) is 1. The first-order valence-corrected chi connectivity index (χ1v) is 9.27. The van der Waals surface area contributed by atoms with Crippen LogP contribution in [0.4, 0.5) is 11.6 Å². The molecule has 1 fully saturated rings. The van der Waals surface area contributed by atoms with Crippen LogP contribution in [0.2, 0.25) is 0 Å². The van der Waals surface area contributed by atoms with Gasteiger partial charge in [-0.2, -0.15) is 0 Å². The molecule has 1 saturated heterocycles. The number of anilines is 2. The van der Waals surface area contributed by atoms with Gasteiger partial charge in [-0.05, 0) is 19.4 Å². The first kappa shape index (κ1) is 16.8. The second kappa shape index (κ2) is 6.96. The van der Waals surface area contributed by atoms with Crippen LogP contribution < -0.4 is 20.7 Å². The van der Waals surface area contributed by atoms with E-state index in [-0.39, 0.29) is 0 Å². The van der Waals surface area contributed by atoms with Gasteiger partial charge in [-0.15, -0.1) is 0 Å². The van der Waals surface area contributed by atoms with Crippen molar-refractivity contribution < 1.29 is 4.74 Å². The molecule has 0 bridgehead atoms. The first-order valence-electron chi connectivity index (χ1n) is 9.27. The molecule has 2 aromatic heterocycles. The smallest absolute Gasteiger partial charge is 0.174 e. The summed E-state index contributed by atoms with van der Waals surface area (Å²) in [6.07, 6.45) is 0.939. The van der Waals surface area contributed by atoms with Crippen LogP contribution in [0.1, 0.15) is 19.0 Å². The Hall–Kier alpha value is -2.60. The molecule has 1 aliphatic rings. The van der Waals surface area contributed by atoms with Gasteiger partial charge in [0.2, 0.25) is 0 Å². The van der Waals surface area contributed by atoms with Crippen LogP contribution in [0, 0.1) is 6.92 Å². The van der Waals surface area contributed by atoms with Crippen molar-refractivity contribution in [2.24, 2.45) is 0 Å². The Morgan fingerprint density at radius 1 is 1.15 bits per heavy atom. The van der Waals surface area contributed by atoms with E-state index in [2.05, 4.69) is 23.2 Å². The number of pyridine rings is 2. The van der Waals surface area contributed by atoms with Crippen molar-refractivity contribution >= 4 is 33.3 Å². The SMILES string of the molecule is CCCOc1c(N2CCNCC2)nc(N)c2c(C)nc3ccccc3c12. The number of hydrogen-bond donors (Lipinski definition) is 2. The lowest BCUT2D eigenvalue weighted by molar-refractivity contribution is 0.320. The zero-order valence-corrected chi connectivity index (χ0v) is 15.4. The molecule has 0 spiro atoms. The second-order valence-electron chi connectivity index (χ2n) is 6.70. The molecule has 6 nitrogen and oxygen atoms in total. The van der Waals surface area contributed by atoms with Crippen molar-refractivity contribution in [1.29, 1.82) is 0 Å². The van der Waals surface area contributed by atoms with Gasteiger partial charge in [-0.1, -0.05) is 25.1 Å². The van der Waals surface area contributed by atoms with Crippen molar-refractivity contribution in [2.45, 2.75) is 20.3 Å². The number of nitrogen functional groups attached to an aromatic ring is 1. The summed E-state index contributed by atoms with van der Waals surface area (Å²) < 4.78 is 6.26. The first-order chi connectivity index (χ1) is 12.7. The predicted molar refractivity (Wildman–Crippen MR) is 107 cm³/mol. The van der Waals surface area contributed by atoms with E-state index in [0.717, 1.165) is 71.5 Å². The van der Waals surface area contributed by atoms with Gasteiger partial charge in [0.25, 0.3) is 0 Å². The van der Waals surface area contributed by atoms with E-state index in [0.29, 0.717) is 12.4 Å². The Morgan fingerprint density at radius 2 is 1.92 bits per heavy atom. The molecule has 3 aromatic rings. The summed E-state index contributed by atoms with van der Waals surface area (Å²) in [6, 6.07) is 8.16. The molecule has 0 radical (unpaired) electrons. The molecule has 0 aliphatic carbocycles. The lowest BCUT2D eigenvalue weighted by Crippen LogP contribution is -2.44. The van der Waals surface area contributed by atoms with Crippen LogP contribution in [-0.4, -0.2) is 42.8 Å². The van der Waals surface area contributed by atoms with Crippen LogP contribution in [0.25, 0.3) is 21.7 Å². The van der Waals surface area contributed by atoms with Crippen LogP contribution >= 0.6 is 0 Å². The highest BCUT2D eigenvalue weighted by atomic mass is 16.5. The summed E-state index contributed by atoms with van der Waals surface area (Å²) in [7, 11) is 0. The van der Waals surface area contributed by atoms with Crippen LogP contribution in [-0.2, 0) is 0 Å². The molecule has 26 heavy (non-hydrogen) atoms. The summed E-state index contributed by atoms with van der Waals surface area (Å²) >= 11 is 0. The minimum absolute atomic E-state index is 0.521. The fourth-order valence-corrected chi connectivity index (χ4v) is 3.65. The number of nitrogens with two attached hydrogens (primary N) is 1. The van der Waals surface area contributed by atoms with Crippen molar-refractivity contribution in [1.82, 2.24) is 15.3 Å². The van der Waals surface area contributed by atoms with Crippen LogP contribution in [0.15, 0.2) is 24.3 Å². The Bertz CT molecular complexity index is 950. The Balaban J connectivity index is 2.06. The average molecular weight is 351 g/mol. The van der Waals surface area contributed by atoms with E-state index in [9.17, 15) is 0 Å². The maximum atomic E-state index is 6.40. The topological polar surface area (TPSA) is 76.3 Å². The van der Waals surface area contributed by atoms with Gasteiger partial charge < -0.3 is 20.7 Å². The number of fused-ring (bicyclic) bond motifs is 3. The van der Waals surface area contributed by atoms with Gasteiger partial charge in [0.15, 0.2) is 11.6 Å². The molecule has 1 aromatic carbocycles. The average Bonchev–Trinajstić information content (AvgIpc) is 2.67. The molecule has 0 atom stereocenters. The van der Waals surface area contributed by atoms with E-state index in [4.69, 9.17) is 20.4 Å². The lowest BCUT2D eigenvalue weighted by atomic mass is 10.0. The minimum Gasteiger partial charge on any atom is -0.489 e. The zero-order valence-electron chi connectivity index (χ0n) is 15.4. The number of piperazine rings is 1. The summed E-state index contributed by atoms with van der Waals surface area (Å²) in [5.74, 6) is 2.20. The quantitative estimate of drug-likeness (QED) is 0.704. The van der Waals surface area contributed by atoms with Crippen LogP contribution in [0.3, 0.4) is 0 Å². The third-order valence-corrected chi connectivity index (χ3v) is 4.85. The fourth-order valence-electron chi connectivity index (χ4n) is 3.65. The van der Waals surface area contributed by atoms with Crippen molar-refractivity contribution in [3.8, 4) is 5.75 Å². The summed E-state index contributed by atoms with van der Waals surface area (Å²) in [5, 5.41) is 6.37. The normalized spacial score (nSPS) is 14.9. The van der Waals surface area contributed by atoms with E-state index in [1.807, 2.05) is 25.1 Å². The van der Waals surface area contributed by atoms with E-state index < -0.39 is 0 Å². The highest BCUT2D eigenvalue weighted by molar-refractivity contribution is 6.14. The number of benzene rings is 1. The number of hydrogen-bond acceptors (Lipinski definition) is 6. The minimum atomic E-state index is 0.521. The molecule has 0 unspecified atom stereocenters. The molecule has 3 N–H and O–H groups in total. The lowest BCUT2D eigenvalue weighted by Gasteiger charge is -2.30. The van der Waals surface area contributed by atoms with E-state index in [1.165, 1.54) is 0 Å². The maximum Gasteiger partial charge on any atom is 0.174 e.